The number of hydrogen-bond donors (Lipinski definition) is 2. The summed E-state index contributed by atoms with van der Waals surface area (Å²) in [7, 11) is 6.23. The summed E-state index contributed by atoms with van der Waals surface area (Å²) in [4.78, 5) is 130. The zero-order valence-corrected chi connectivity index (χ0v) is 66.1. The molecule has 6 aromatic heterocycles. The second-order valence-corrected chi connectivity index (χ2v) is 33.7. The summed E-state index contributed by atoms with van der Waals surface area (Å²) < 4.78 is 99.8. The zero-order valence-electron chi connectivity index (χ0n) is 66.1. The van der Waals surface area contributed by atoms with Crippen molar-refractivity contribution >= 4 is 81.1 Å². The number of benzene rings is 2. The molecule has 0 bridgehead atoms. The molecule has 592 valence electrons. The van der Waals surface area contributed by atoms with Crippen LogP contribution in [0, 0.1) is 34.1 Å². The van der Waals surface area contributed by atoms with Crippen LogP contribution in [-0.4, -0.2) is 153 Å². The van der Waals surface area contributed by atoms with Gasteiger partial charge in [-0.15, -0.1) is 0 Å². The number of alkyl carbamates (subject to hydrolysis) is 2. The minimum Gasteiger partial charge on any atom is -0.462 e. The third kappa shape index (κ3) is 15.0. The quantitative estimate of drug-likeness (QED) is 0.0652. The fraction of sp³-hybridized carbons (Fsp3) is 0.463. The average molecular weight is 1550 g/mol. The number of carbonyl (C=O) groups excluding carboxylic acids is 6. The van der Waals surface area contributed by atoms with Crippen molar-refractivity contribution in [3.05, 3.63) is 139 Å². The maximum Gasteiger partial charge on any atom is 0.414 e. The molecule has 2 aliphatic heterocycles. The SMILES string of the molecule is CCOC(=O)c1cn(C)c2ncc(-c3cnc4c(c3N3CCC5(C[C@@H]5NC(=O)OC(C)(C)C)C3)-c3c(F)c(F)cc(N(C)C(=O)OC(C)(C)C)c3C4)cc2c1=O.CCOC(=O)c1cn(C)c2ncc(-c3cnc4c(c3N3CCC5(C[C@H]5NC(=O)OC(C)(C)C)C3)-c3c(F)c(F)cc(N(C)C(=O)OC(C)(C)C)c3C4)cc2c1=O. The van der Waals surface area contributed by atoms with Crippen molar-refractivity contribution in [2.75, 3.05) is 73.1 Å². The number of ether oxygens (including phenoxy) is 6. The Morgan fingerprint density at radius 2 is 0.875 bits per heavy atom. The molecule has 2 saturated heterocycles. The van der Waals surface area contributed by atoms with Crippen LogP contribution in [-0.2, 0) is 55.4 Å². The Morgan fingerprint density at radius 3 is 1.21 bits per heavy atom. The lowest BCUT2D eigenvalue weighted by Gasteiger charge is -2.27. The van der Waals surface area contributed by atoms with Crippen molar-refractivity contribution in [2.24, 2.45) is 24.9 Å². The molecule has 4 fully saturated rings. The van der Waals surface area contributed by atoms with Crippen LogP contribution in [0.25, 0.3) is 66.6 Å². The van der Waals surface area contributed by atoms with Crippen molar-refractivity contribution in [3.63, 3.8) is 0 Å². The summed E-state index contributed by atoms with van der Waals surface area (Å²) in [6, 6.07) is 4.91. The maximum absolute atomic E-state index is 16.4. The fourth-order valence-corrected chi connectivity index (χ4v) is 15.7. The molecule has 2 saturated carbocycles. The standard InChI is InChI=1S/2C41H46F2N6O7/c2*1-10-54-36(51)25-19-47(8)35-23(34(25)50)13-21(17-45-35)24-18-44-27-14-22-28(48(9)38(53)56-40(5,6)7)15-26(42)32(43)30(22)31(27)33(24)49-12-11-41(20-49)16-29(41)46-37(52)55-39(2,3)4/h2*13,15,17-19,29H,10-12,14,16,20H2,1-9H3,(H,46,52)/t2*29-,41?/m10/s1. The molecule has 26 nitrogen and oxygen atoms in total. The molecule has 14 rings (SSSR count). The van der Waals surface area contributed by atoms with Gasteiger partial charge in [0.05, 0.1) is 58.1 Å². The van der Waals surface area contributed by atoms with E-state index in [1.807, 2.05) is 0 Å². The van der Waals surface area contributed by atoms with Gasteiger partial charge in [-0.1, -0.05) is 0 Å². The van der Waals surface area contributed by atoms with Gasteiger partial charge in [0.2, 0.25) is 10.9 Å². The molecule has 2 N–H and O–H groups in total. The molecule has 2 unspecified atom stereocenters. The number of carbonyl (C=O) groups is 6. The first-order valence-corrected chi connectivity index (χ1v) is 37.3. The monoisotopic (exact) mass is 1540 g/mol. The second kappa shape index (κ2) is 28.5. The Labute approximate surface area is 644 Å². The number of esters is 2. The highest BCUT2D eigenvalue weighted by Gasteiger charge is 2.60. The van der Waals surface area contributed by atoms with E-state index in [9.17, 15) is 38.4 Å². The summed E-state index contributed by atoms with van der Waals surface area (Å²) in [5.41, 5.74) is 1.20. The molecule has 0 radical (unpaired) electrons. The molecule has 30 heteroatoms. The predicted octanol–water partition coefficient (Wildman–Crippen LogP) is 13.8. The summed E-state index contributed by atoms with van der Waals surface area (Å²) in [6.07, 6.45) is 9.65. The number of amides is 4. The first-order valence-electron chi connectivity index (χ1n) is 37.3. The van der Waals surface area contributed by atoms with Gasteiger partial charge in [-0.3, -0.25) is 29.4 Å². The van der Waals surface area contributed by atoms with Crippen molar-refractivity contribution in [2.45, 2.75) is 170 Å². The van der Waals surface area contributed by atoms with E-state index in [1.54, 1.807) is 157 Å². The third-order valence-corrected chi connectivity index (χ3v) is 20.9. The lowest BCUT2D eigenvalue weighted by Crippen LogP contribution is -2.36. The second-order valence-electron chi connectivity index (χ2n) is 33.7. The van der Waals surface area contributed by atoms with Gasteiger partial charge in [0.15, 0.2) is 23.3 Å². The van der Waals surface area contributed by atoms with Crippen LogP contribution in [0.5, 0.6) is 0 Å². The van der Waals surface area contributed by atoms with Crippen LogP contribution in [0.2, 0.25) is 0 Å². The topological polar surface area (TPSA) is 290 Å². The van der Waals surface area contributed by atoms with E-state index < -0.39 is 92.8 Å². The predicted molar refractivity (Wildman–Crippen MR) is 412 cm³/mol. The Bertz CT molecular complexity index is 5100. The molecule has 6 aliphatic rings. The first kappa shape index (κ1) is 78.9. The van der Waals surface area contributed by atoms with Gasteiger partial charge in [0.25, 0.3) is 0 Å². The number of rotatable bonds is 12. The molecule has 8 aromatic rings. The van der Waals surface area contributed by atoms with Crippen molar-refractivity contribution in [1.82, 2.24) is 39.7 Å². The fourth-order valence-electron chi connectivity index (χ4n) is 15.7. The van der Waals surface area contributed by atoms with E-state index in [-0.39, 0.29) is 93.4 Å². The van der Waals surface area contributed by atoms with Gasteiger partial charge in [-0.05, 0) is 146 Å². The van der Waals surface area contributed by atoms with E-state index in [0.29, 0.717) is 130 Å². The molecule has 112 heavy (non-hydrogen) atoms. The molecular formula is C82H92F4N12O14. The number of aryl methyl sites for hydroxylation is 2. The molecule has 4 aliphatic carbocycles. The summed E-state index contributed by atoms with van der Waals surface area (Å²) in [5, 5.41) is 6.32. The number of anilines is 4. The van der Waals surface area contributed by atoms with Crippen LogP contribution < -0.4 is 41.1 Å². The highest BCUT2D eigenvalue weighted by Crippen LogP contribution is 2.60. The summed E-state index contributed by atoms with van der Waals surface area (Å²) in [6.45, 7) is 26.5. The molecular weight excluding hydrogens is 1450 g/mol. The molecule has 4 atom stereocenters. The van der Waals surface area contributed by atoms with Gasteiger partial charge < -0.3 is 58.0 Å². The Hall–Kier alpha value is -11.2. The number of pyridine rings is 6. The van der Waals surface area contributed by atoms with Crippen molar-refractivity contribution in [3.8, 4) is 44.5 Å². The van der Waals surface area contributed by atoms with Crippen LogP contribution in [0.4, 0.5) is 59.5 Å². The highest BCUT2D eigenvalue weighted by atomic mass is 19.2. The first-order chi connectivity index (χ1) is 52.4. The van der Waals surface area contributed by atoms with Crippen molar-refractivity contribution in [1.29, 1.82) is 0 Å². The minimum atomic E-state index is -1.15. The van der Waals surface area contributed by atoms with Crippen LogP contribution in [0.3, 0.4) is 0 Å². The van der Waals surface area contributed by atoms with Gasteiger partial charge >= 0.3 is 36.3 Å². The molecule has 2 spiro atoms. The number of nitrogens with one attached hydrogen (secondary N) is 2. The zero-order chi connectivity index (χ0) is 81.3. The minimum absolute atomic E-state index is 0.0239. The normalized spacial score (nSPS) is 18.5. The number of halogens is 4. The van der Waals surface area contributed by atoms with Crippen LogP contribution in [0.1, 0.15) is 166 Å². The smallest absolute Gasteiger partial charge is 0.414 e. The van der Waals surface area contributed by atoms with E-state index >= 15 is 17.6 Å². The van der Waals surface area contributed by atoms with Gasteiger partial charge in [-0.25, -0.2) is 56.3 Å². The summed E-state index contributed by atoms with van der Waals surface area (Å²) in [5.74, 6) is -6.00. The van der Waals surface area contributed by atoms with E-state index in [0.717, 1.165) is 12.1 Å². The molecule has 4 amide bonds. The third-order valence-electron chi connectivity index (χ3n) is 20.9. The van der Waals surface area contributed by atoms with E-state index in [1.165, 1.54) is 36.3 Å². The average Bonchev–Trinajstić information content (AvgIpc) is 1.37. The lowest BCUT2D eigenvalue weighted by atomic mass is 9.96. The summed E-state index contributed by atoms with van der Waals surface area (Å²) >= 11 is 0. The van der Waals surface area contributed by atoms with Gasteiger partial charge in [0.1, 0.15) is 44.8 Å². The lowest BCUT2D eigenvalue weighted by molar-refractivity contribution is 0.0505. The maximum atomic E-state index is 16.4. The van der Waals surface area contributed by atoms with E-state index in [2.05, 4.69) is 30.4 Å². The van der Waals surface area contributed by atoms with Crippen LogP contribution >= 0.6 is 0 Å². The van der Waals surface area contributed by atoms with E-state index in [4.69, 9.17) is 38.4 Å². The Kier molecular flexibility index (Phi) is 20.1. The highest BCUT2D eigenvalue weighted by molar-refractivity contribution is 6.03. The largest absolute Gasteiger partial charge is 0.462 e. The Morgan fingerprint density at radius 1 is 0.518 bits per heavy atom. The number of fused-ring (bicyclic) bond motifs is 8. The Balaban J connectivity index is 0.000000196. The number of nitrogens with zero attached hydrogens (tertiary/aromatic N) is 10. The number of hydrogen-bond acceptors (Lipinski definition) is 20. The van der Waals surface area contributed by atoms with Crippen LogP contribution in [0.15, 0.2) is 71.0 Å². The number of aromatic nitrogens is 6. The van der Waals surface area contributed by atoms with Gasteiger partial charge in [-0.2, -0.15) is 0 Å². The van der Waals surface area contributed by atoms with Gasteiger partial charge in [0, 0.05) is 184 Å². The molecule has 8 heterocycles. The van der Waals surface area contributed by atoms with Crippen molar-refractivity contribution < 1.29 is 74.8 Å². The molecule has 2 aromatic carbocycles.